The first-order chi connectivity index (χ1) is 11.1. The molecule has 118 valence electrons. The van der Waals surface area contributed by atoms with E-state index in [2.05, 4.69) is 17.2 Å². The van der Waals surface area contributed by atoms with E-state index in [-0.39, 0.29) is 5.91 Å². The van der Waals surface area contributed by atoms with Crippen molar-refractivity contribution < 1.29 is 9.59 Å². The van der Waals surface area contributed by atoms with Gasteiger partial charge in [-0.15, -0.1) is 18.3 Å². The molecular formula is C17H17N3O2S. The molecule has 4 N–H and O–H groups in total. The van der Waals surface area contributed by atoms with E-state index in [1.807, 2.05) is 30.3 Å². The molecule has 2 aromatic carbocycles. The van der Waals surface area contributed by atoms with Crippen LogP contribution < -0.4 is 16.4 Å². The maximum absolute atomic E-state index is 12.4. The van der Waals surface area contributed by atoms with Gasteiger partial charge in [-0.3, -0.25) is 4.79 Å². The predicted molar refractivity (Wildman–Crippen MR) is 95.0 cm³/mol. The zero-order valence-electron chi connectivity index (χ0n) is 12.4. The van der Waals surface area contributed by atoms with Gasteiger partial charge in [0.1, 0.15) is 0 Å². The van der Waals surface area contributed by atoms with Crippen molar-refractivity contribution in [3.63, 3.8) is 0 Å². The zero-order valence-corrected chi connectivity index (χ0v) is 13.2. The minimum absolute atomic E-state index is 0.259. The normalized spacial score (nSPS) is 9.91. The number of hydrogen-bond donors (Lipinski definition) is 3. The lowest BCUT2D eigenvalue weighted by Gasteiger charge is -2.11. The number of hydrogen-bond acceptors (Lipinski definition) is 3. The van der Waals surface area contributed by atoms with E-state index < -0.39 is 6.03 Å². The Hall–Kier alpha value is -2.73. The molecule has 0 bridgehead atoms. The Labute approximate surface area is 139 Å². The van der Waals surface area contributed by atoms with Crippen molar-refractivity contribution in [2.24, 2.45) is 5.73 Å². The molecule has 2 aromatic rings. The van der Waals surface area contributed by atoms with Gasteiger partial charge in [-0.25, -0.2) is 4.79 Å². The molecule has 0 spiro atoms. The lowest BCUT2D eigenvalue weighted by atomic mass is 10.2. The topological polar surface area (TPSA) is 84.2 Å². The van der Waals surface area contributed by atoms with Gasteiger partial charge in [0.05, 0.1) is 5.69 Å². The molecule has 0 atom stereocenters. The summed E-state index contributed by atoms with van der Waals surface area (Å²) in [5, 5.41) is 5.33. The average molecular weight is 327 g/mol. The smallest absolute Gasteiger partial charge is 0.316 e. The van der Waals surface area contributed by atoms with Gasteiger partial charge in [-0.05, 0) is 30.3 Å². The summed E-state index contributed by atoms with van der Waals surface area (Å²) in [6.45, 7) is 3.69. The molecular weight excluding hydrogens is 310 g/mol. The van der Waals surface area contributed by atoms with Crippen LogP contribution in [0.2, 0.25) is 0 Å². The van der Waals surface area contributed by atoms with E-state index in [0.29, 0.717) is 11.3 Å². The third-order valence-corrected chi connectivity index (χ3v) is 3.95. The summed E-state index contributed by atoms with van der Waals surface area (Å²) in [7, 11) is 0. The van der Waals surface area contributed by atoms with Gasteiger partial charge in [0, 0.05) is 21.9 Å². The second-order valence-electron chi connectivity index (χ2n) is 4.62. The number of para-hydroxylation sites is 1. The Morgan fingerprint density at radius 1 is 1.13 bits per heavy atom. The Morgan fingerprint density at radius 2 is 1.91 bits per heavy atom. The Morgan fingerprint density at radius 3 is 2.65 bits per heavy atom. The molecule has 0 radical (unpaired) electrons. The molecule has 0 aromatic heterocycles. The number of benzene rings is 2. The maximum Gasteiger partial charge on any atom is 0.316 e. The number of anilines is 2. The van der Waals surface area contributed by atoms with Crippen molar-refractivity contribution in [2.45, 2.75) is 4.90 Å². The molecule has 2 rings (SSSR count). The van der Waals surface area contributed by atoms with Gasteiger partial charge in [0.2, 0.25) is 0 Å². The van der Waals surface area contributed by atoms with E-state index in [1.165, 1.54) is 0 Å². The number of nitrogens with two attached hydrogens (primary N) is 1. The van der Waals surface area contributed by atoms with Crippen molar-refractivity contribution in [3.05, 3.63) is 66.7 Å². The van der Waals surface area contributed by atoms with Crippen LogP contribution in [0.5, 0.6) is 0 Å². The highest BCUT2D eigenvalue weighted by Gasteiger charge is 2.10. The molecule has 3 amide bonds. The van der Waals surface area contributed by atoms with Gasteiger partial charge >= 0.3 is 6.03 Å². The SMILES string of the molecule is C=CCSc1ccccc1NC(=O)c1cccc(NC(N)=O)c1. The number of amides is 3. The fraction of sp³-hybridized carbons (Fsp3) is 0.0588. The number of rotatable bonds is 6. The summed E-state index contributed by atoms with van der Waals surface area (Å²) >= 11 is 1.59. The largest absolute Gasteiger partial charge is 0.351 e. The molecule has 0 aliphatic heterocycles. The second-order valence-corrected chi connectivity index (χ2v) is 5.68. The van der Waals surface area contributed by atoms with E-state index in [1.54, 1.807) is 36.0 Å². The number of nitrogens with one attached hydrogen (secondary N) is 2. The summed E-state index contributed by atoms with van der Waals surface area (Å²) in [6.07, 6.45) is 1.81. The first-order valence-electron chi connectivity index (χ1n) is 6.90. The van der Waals surface area contributed by atoms with Gasteiger partial charge in [0.25, 0.3) is 5.91 Å². The maximum atomic E-state index is 12.4. The lowest BCUT2D eigenvalue weighted by molar-refractivity contribution is 0.102. The minimum atomic E-state index is -0.672. The van der Waals surface area contributed by atoms with Crippen LogP contribution in [-0.4, -0.2) is 17.7 Å². The molecule has 0 saturated heterocycles. The van der Waals surface area contributed by atoms with Gasteiger partial charge < -0.3 is 16.4 Å². The summed E-state index contributed by atoms with van der Waals surface area (Å²) in [5.74, 6) is 0.495. The van der Waals surface area contributed by atoms with Crippen LogP contribution in [-0.2, 0) is 0 Å². The first kappa shape index (κ1) is 16.6. The fourth-order valence-electron chi connectivity index (χ4n) is 1.92. The van der Waals surface area contributed by atoms with Crippen LogP contribution in [0.3, 0.4) is 0 Å². The molecule has 0 unspecified atom stereocenters. The standard InChI is InChI=1S/C17H17N3O2S/c1-2-10-23-15-9-4-3-8-14(15)20-16(21)12-6-5-7-13(11-12)19-17(18)22/h2-9,11H,1,10H2,(H,20,21)(H3,18,19,22). The second kappa shape index (κ2) is 8.05. The monoisotopic (exact) mass is 327 g/mol. The highest BCUT2D eigenvalue weighted by atomic mass is 32.2. The van der Waals surface area contributed by atoms with Crippen molar-refractivity contribution in [3.8, 4) is 0 Å². The lowest BCUT2D eigenvalue weighted by Crippen LogP contribution is -2.20. The number of carbonyl (C=O) groups excluding carboxylic acids is 2. The summed E-state index contributed by atoms with van der Waals surface area (Å²) < 4.78 is 0. The van der Waals surface area contributed by atoms with Crippen LogP contribution >= 0.6 is 11.8 Å². The number of thioether (sulfide) groups is 1. The third-order valence-electron chi connectivity index (χ3n) is 2.88. The highest BCUT2D eigenvalue weighted by Crippen LogP contribution is 2.27. The van der Waals surface area contributed by atoms with Crippen molar-refractivity contribution in [1.29, 1.82) is 0 Å². The van der Waals surface area contributed by atoms with Crippen molar-refractivity contribution in [1.82, 2.24) is 0 Å². The molecule has 0 saturated carbocycles. The number of urea groups is 1. The quantitative estimate of drug-likeness (QED) is 0.558. The Balaban J connectivity index is 2.16. The number of primary amides is 1. The first-order valence-corrected chi connectivity index (χ1v) is 7.89. The van der Waals surface area contributed by atoms with Crippen LogP contribution in [0.4, 0.5) is 16.2 Å². The molecule has 5 nitrogen and oxygen atoms in total. The minimum Gasteiger partial charge on any atom is -0.351 e. The van der Waals surface area contributed by atoms with Gasteiger partial charge in [0.15, 0.2) is 0 Å². The van der Waals surface area contributed by atoms with Gasteiger partial charge in [-0.2, -0.15) is 0 Å². The predicted octanol–water partition coefficient (Wildman–Crippen LogP) is 3.71. The molecule has 6 heteroatoms. The van der Waals surface area contributed by atoms with Crippen LogP contribution in [0.25, 0.3) is 0 Å². The van der Waals surface area contributed by atoms with Crippen LogP contribution in [0.15, 0.2) is 66.1 Å². The molecule has 0 fully saturated rings. The third kappa shape index (κ3) is 4.89. The molecule has 0 heterocycles. The van der Waals surface area contributed by atoms with E-state index >= 15 is 0 Å². The van der Waals surface area contributed by atoms with Crippen LogP contribution in [0, 0.1) is 0 Å². The zero-order chi connectivity index (χ0) is 16.7. The summed E-state index contributed by atoms with van der Waals surface area (Å²) in [6, 6.07) is 13.5. The Kier molecular flexibility index (Phi) is 5.82. The van der Waals surface area contributed by atoms with E-state index in [4.69, 9.17) is 5.73 Å². The highest BCUT2D eigenvalue weighted by molar-refractivity contribution is 7.99. The van der Waals surface area contributed by atoms with Crippen LogP contribution in [0.1, 0.15) is 10.4 Å². The summed E-state index contributed by atoms with van der Waals surface area (Å²) in [4.78, 5) is 24.2. The summed E-state index contributed by atoms with van der Waals surface area (Å²) in [5.41, 5.74) is 6.72. The van der Waals surface area contributed by atoms with Gasteiger partial charge in [-0.1, -0.05) is 24.3 Å². The number of carbonyl (C=O) groups is 2. The fourth-order valence-corrected chi connectivity index (χ4v) is 2.67. The molecule has 23 heavy (non-hydrogen) atoms. The van der Waals surface area contributed by atoms with Crippen molar-refractivity contribution in [2.75, 3.05) is 16.4 Å². The Bertz CT molecular complexity index is 731. The average Bonchev–Trinajstić information content (AvgIpc) is 2.53. The van der Waals surface area contributed by atoms with E-state index in [0.717, 1.165) is 16.3 Å². The molecule has 0 aliphatic rings. The molecule has 0 aliphatic carbocycles. The van der Waals surface area contributed by atoms with Crippen molar-refractivity contribution >= 4 is 35.1 Å². The van der Waals surface area contributed by atoms with E-state index in [9.17, 15) is 9.59 Å².